The van der Waals surface area contributed by atoms with Crippen LogP contribution in [0.25, 0.3) is 0 Å². The molecule has 0 aromatic heterocycles. The second-order valence-corrected chi connectivity index (χ2v) is 9.21. The van der Waals surface area contributed by atoms with Gasteiger partial charge in [0.15, 0.2) is 0 Å². The predicted molar refractivity (Wildman–Crippen MR) is 86.4 cm³/mol. The number of ether oxygens (including phenoxy) is 2. The summed E-state index contributed by atoms with van der Waals surface area (Å²) in [4.78, 5) is 11.7. The van der Waals surface area contributed by atoms with Crippen molar-refractivity contribution in [2.75, 3.05) is 6.61 Å². The van der Waals surface area contributed by atoms with Crippen LogP contribution in [0.1, 0.15) is 26.3 Å². The zero-order valence-corrected chi connectivity index (χ0v) is 16.1. The van der Waals surface area contributed by atoms with Crippen molar-refractivity contribution in [1.82, 2.24) is 0 Å². The molecule has 3 nitrogen and oxygen atoms in total. The number of hydrogen-bond acceptors (Lipinski definition) is 3. The number of esters is 1. The first-order valence-electron chi connectivity index (χ1n) is 7.49. The minimum atomic E-state index is -0.487. The van der Waals surface area contributed by atoms with E-state index >= 15 is 0 Å². The van der Waals surface area contributed by atoms with Gasteiger partial charge in [0.25, 0.3) is 0 Å². The first kappa shape index (κ1) is 17.8. The van der Waals surface area contributed by atoms with Crippen LogP contribution in [-0.4, -0.2) is 18.2 Å². The fraction of sp³-hybridized carbons (Fsp3) is 0.316. The Bertz CT molecular complexity index is 660. The fourth-order valence-corrected chi connectivity index (χ4v) is 4.42. The Morgan fingerprint density at radius 1 is 1.04 bits per heavy atom. The maximum absolute atomic E-state index is 11.7. The quantitative estimate of drug-likeness (QED) is 0.527. The molecule has 0 amide bonds. The molecule has 0 bridgehead atoms. The van der Waals surface area contributed by atoms with Crippen molar-refractivity contribution in [3.05, 3.63) is 61.2 Å². The summed E-state index contributed by atoms with van der Waals surface area (Å²) in [6.07, 6.45) is 0. The molecular formula is C19H22IO3-. The van der Waals surface area contributed by atoms with Gasteiger partial charge in [-0.15, -0.1) is 0 Å². The molecule has 0 spiro atoms. The van der Waals surface area contributed by atoms with Crippen molar-refractivity contribution in [3.8, 4) is 5.75 Å². The van der Waals surface area contributed by atoms with Crippen molar-refractivity contribution in [3.63, 3.8) is 0 Å². The molecule has 0 aliphatic carbocycles. The summed E-state index contributed by atoms with van der Waals surface area (Å²) in [6, 6.07) is 16.7. The normalized spacial score (nSPS) is 11.3. The predicted octanol–water partition coefficient (Wildman–Crippen LogP) is 0.844. The van der Waals surface area contributed by atoms with Crippen molar-refractivity contribution >= 4 is 5.97 Å². The second-order valence-electron chi connectivity index (χ2n) is 6.17. The monoisotopic (exact) mass is 425 g/mol. The van der Waals surface area contributed by atoms with Crippen LogP contribution in [0, 0.1) is 14.1 Å². The Morgan fingerprint density at radius 2 is 1.74 bits per heavy atom. The molecule has 0 N–H and O–H groups in total. The van der Waals surface area contributed by atoms with Gasteiger partial charge in [0.1, 0.15) is 0 Å². The summed E-state index contributed by atoms with van der Waals surface area (Å²) in [7, 11) is 0. The summed E-state index contributed by atoms with van der Waals surface area (Å²) in [6.45, 7) is 7.47. The van der Waals surface area contributed by atoms with E-state index in [1.54, 1.807) is 0 Å². The van der Waals surface area contributed by atoms with E-state index in [1.165, 1.54) is 7.14 Å². The maximum atomic E-state index is 11.7. The average molecular weight is 425 g/mol. The van der Waals surface area contributed by atoms with Gasteiger partial charge in [0, 0.05) is 0 Å². The van der Waals surface area contributed by atoms with Gasteiger partial charge in [-0.1, -0.05) is 0 Å². The number of hydrogen-bond donors (Lipinski definition) is 0. The molecule has 0 atom stereocenters. The van der Waals surface area contributed by atoms with E-state index in [1.807, 2.05) is 39.8 Å². The van der Waals surface area contributed by atoms with Crippen LogP contribution >= 0.6 is 0 Å². The molecule has 0 radical (unpaired) electrons. The number of aryl methyl sites for hydroxylation is 1. The van der Waals surface area contributed by atoms with Gasteiger partial charge in [-0.2, -0.15) is 0 Å². The zero-order valence-electron chi connectivity index (χ0n) is 13.9. The number of carbonyl (C=O) groups is 1. The van der Waals surface area contributed by atoms with E-state index in [9.17, 15) is 4.79 Å². The van der Waals surface area contributed by atoms with Crippen LogP contribution in [0.5, 0.6) is 5.75 Å². The Balaban J connectivity index is 1.96. The number of halogens is 1. The van der Waals surface area contributed by atoms with Crippen LogP contribution in [-0.2, 0) is 9.53 Å². The Labute approximate surface area is 148 Å². The molecular weight excluding hydrogens is 403 g/mol. The SMILES string of the molecule is Cc1cc([I-]c2ccccc2)ccc1OCC(=O)OC(C)(C)C. The molecule has 4 heteroatoms. The zero-order chi connectivity index (χ0) is 16.9. The van der Waals surface area contributed by atoms with Gasteiger partial charge < -0.3 is 0 Å². The molecule has 0 unspecified atom stereocenters. The van der Waals surface area contributed by atoms with Gasteiger partial charge in [-0.3, -0.25) is 0 Å². The van der Waals surface area contributed by atoms with Gasteiger partial charge >= 0.3 is 148 Å². The van der Waals surface area contributed by atoms with Crippen LogP contribution in [0.15, 0.2) is 48.5 Å². The molecule has 2 rings (SSSR count). The minimum absolute atomic E-state index is 0.0643. The van der Waals surface area contributed by atoms with Crippen molar-refractivity contribution in [2.24, 2.45) is 0 Å². The Morgan fingerprint density at radius 3 is 2.35 bits per heavy atom. The standard InChI is InChI=1S/C19H22IO3/c1-14-12-16(20-15-8-6-5-7-9-15)10-11-17(14)22-13-18(21)23-19(2,3)4/h5-12H,13H2,1-4H3/q-1. The van der Waals surface area contributed by atoms with Crippen LogP contribution < -0.4 is 25.9 Å². The first-order chi connectivity index (χ1) is 10.8. The van der Waals surface area contributed by atoms with E-state index in [-0.39, 0.29) is 33.8 Å². The Hall–Kier alpha value is -1.56. The number of carbonyl (C=O) groups excluding carboxylic acids is 1. The summed E-state index contributed by atoms with van der Waals surface area (Å²) in [5.41, 5.74) is 0.557. The van der Waals surface area contributed by atoms with Crippen LogP contribution in [0.2, 0.25) is 0 Å². The van der Waals surface area contributed by atoms with Crippen molar-refractivity contribution < 1.29 is 35.5 Å². The summed E-state index contributed by atoms with van der Waals surface area (Å²) < 4.78 is 13.5. The third-order valence-corrected chi connectivity index (χ3v) is 5.49. The number of benzene rings is 2. The average Bonchev–Trinajstić information content (AvgIpc) is 2.45. The van der Waals surface area contributed by atoms with E-state index < -0.39 is 5.60 Å². The molecule has 2 aromatic carbocycles. The molecule has 0 aliphatic rings. The topological polar surface area (TPSA) is 35.5 Å². The summed E-state index contributed by atoms with van der Waals surface area (Å²) in [5, 5.41) is 0. The molecule has 0 saturated heterocycles. The van der Waals surface area contributed by atoms with Crippen LogP contribution in [0.3, 0.4) is 0 Å². The fourth-order valence-electron chi connectivity index (χ4n) is 1.94. The van der Waals surface area contributed by atoms with Gasteiger partial charge in [0.05, 0.1) is 0 Å². The van der Waals surface area contributed by atoms with E-state index in [2.05, 4.69) is 36.4 Å². The van der Waals surface area contributed by atoms with Crippen molar-refractivity contribution in [2.45, 2.75) is 33.3 Å². The third kappa shape index (κ3) is 6.22. The first-order valence-corrected chi connectivity index (χ1v) is 9.64. The van der Waals surface area contributed by atoms with Gasteiger partial charge in [0.2, 0.25) is 0 Å². The molecule has 0 aliphatic heterocycles. The molecule has 23 heavy (non-hydrogen) atoms. The van der Waals surface area contributed by atoms with Gasteiger partial charge in [-0.05, 0) is 0 Å². The van der Waals surface area contributed by atoms with Crippen LogP contribution in [0.4, 0.5) is 0 Å². The molecule has 0 fully saturated rings. The summed E-state index contributed by atoms with van der Waals surface area (Å²) >= 11 is -0.190. The van der Waals surface area contributed by atoms with Crippen molar-refractivity contribution in [1.29, 1.82) is 0 Å². The van der Waals surface area contributed by atoms with E-state index in [4.69, 9.17) is 9.47 Å². The molecule has 2 aromatic rings. The van der Waals surface area contributed by atoms with E-state index in [0.29, 0.717) is 0 Å². The molecule has 0 saturated carbocycles. The molecule has 0 heterocycles. The van der Waals surface area contributed by atoms with E-state index in [0.717, 1.165) is 11.3 Å². The summed E-state index contributed by atoms with van der Waals surface area (Å²) in [5.74, 6) is 0.384. The number of rotatable bonds is 5. The second kappa shape index (κ2) is 7.81. The third-order valence-electron chi connectivity index (χ3n) is 2.85. The van der Waals surface area contributed by atoms with Gasteiger partial charge in [-0.25, -0.2) is 0 Å². The molecule has 124 valence electrons. The Kier molecular flexibility index (Phi) is 6.04.